The molecular formula is C17H14BrN5. The zero-order valence-corrected chi connectivity index (χ0v) is 14.2. The zero-order chi connectivity index (χ0) is 15.8. The molecule has 0 aliphatic heterocycles. The van der Waals surface area contributed by atoms with Crippen molar-refractivity contribution in [3.63, 3.8) is 0 Å². The van der Waals surface area contributed by atoms with Gasteiger partial charge in [0, 0.05) is 22.5 Å². The van der Waals surface area contributed by atoms with Crippen molar-refractivity contribution in [2.75, 3.05) is 0 Å². The molecule has 0 aliphatic carbocycles. The SMILES string of the molecule is CCc1ccc2nnc(Cc3ccc4ncc(Br)cc4c3)n2n1. The van der Waals surface area contributed by atoms with Crippen LogP contribution in [0.3, 0.4) is 0 Å². The first-order valence-corrected chi connectivity index (χ1v) is 8.26. The maximum Gasteiger partial charge on any atom is 0.177 e. The number of aromatic nitrogens is 5. The second-order valence-corrected chi connectivity index (χ2v) is 6.34. The molecule has 0 fully saturated rings. The molecule has 0 N–H and O–H groups in total. The number of hydrogen-bond donors (Lipinski definition) is 0. The average Bonchev–Trinajstić information content (AvgIpc) is 2.96. The third-order valence-corrected chi connectivity index (χ3v) is 4.25. The first kappa shape index (κ1) is 14.3. The summed E-state index contributed by atoms with van der Waals surface area (Å²) in [6, 6.07) is 12.3. The molecule has 0 saturated carbocycles. The molecule has 0 aliphatic rings. The molecule has 3 heterocycles. The van der Waals surface area contributed by atoms with Gasteiger partial charge in [-0.25, -0.2) is 0 Å². The molecule has 5 nitrogen and oxygen atoms in total. The second-order valence-electron chi connectivity index (χ2n) is 5.42. The Bertz CT molecular complexity index is 1010. The normalized spacial score (nSPS) is 11.4. The number of aryl methyl sites for hydroxylation is 1. The van der Waals surface area contributed by atoms with E-state index in [1.165, 1.54) is 0 Å². The molecule has 0 saturated heterocycles. The number of fused-ring (bicyclic) bond motifs is 2. The summed E-state index contributed by atoms with van der Waals surface area (Å²) in [5.74, 6) is 0.845. The number of halogens is 1. The Balaban J connectivity index is 1.75. The fourth-order valence-corrected chi connectivity index (χ4v) is 2.97. The van der Waals surface area contributed by atoms with Crippen molar-refractivity contribution in [1.29, 1.82) is 0 Å². The highest BCUT2D eigenvalue weighted by atomic mass is 79.9. The van der Waals surface area contributed by atoms with Gasteiger partial charge in [-0.05, 0) is 58.2 Å². The summed E-state index contributed by atoms with van der Waals surface area (Å²) in [6.45, 7) is 2.09. The molecule has 3 aromatic heterocycles. The smallest absolute Gasteiger partial charge is 0.177 e. The van der Waals surface area contributed by atoms with Gasteiger partial charge in [0.05, 0.1) is 11.2 Å². The third-order valence-electron chi connectivity index (χ3n) is 3.82. The molecule has 1 aromatic carbocycles. The fraction of sp³-hybridized carbons (Fsp3) is 0.176. The highest BCUT2D eigenvalue weighted by Gasteiger charge is 2.09. The molecule has 0 radical (unpaired) electrons. The van der Waals surface area contributed by atoms with E-state index < -0.39 is 0 Å². The highest BCUT2D eigenvalue weighted by molar-refractivity contribution is 9.10. The standard InChI is InChI=1S/C17H14BrN5/c1-2-14-4-6-16-20-21-17(23(16)22-14)8-11-3-5-15-12(7-11)9-13(18)10-19-15/h3-7,9-10H,2,8H2,1H3. The van der Waals surface area contributed by atoms with Gasteiger partial charge in [0.2, 0.25) is 0 Å². The zero-order valence-electron chi connectivity index (χ0n) is 12.6. The number of nitrogens with zero attached hydrogens (tertiary/aromatic N) is 5. The largest absolute Gasteiger partial charge is 0.255 e. The van der Waals surface area contributed by atoms with E-state index >= 15 is 0 Å². The Morgan fingerprint density at radius 3 is 2.87 bits per heavy atom. The van der Waals surface area contributed by atoms with Crippen LogP contribution in [0.15, 0.2) is 47.1 Å². The number of rotatable bonds is 3. The lowest BCUT2D eigenvalue weighted by atomic mass is 10.1. The van der Waals surface area contributed by atoms with Crippen molar-refractivity contribution in [1.82, 2.24) is 24.8 Å². The van der Waals surface area contributed by atoms with E-state index in [-0.39, 0.29) is 0 Å². The first-order valence-electron chi connectivity index (χ1n) is 7.47. The van der Waals surface area contributed by atoms with Crippen molar-refractivity contribution < 1.29 is 0 Å². The highest BCUT2D eigenvalue weighted by Crippen LogP contribution is 2.20. The van der Waals surface area contributed by atoms with Gasteiger partial charge < -0.3 is 0 Å². The Morgan fingerprint density at radius 2 is 2.00 bits per heavy atom. The molecule has 4 rings (SSSR count). The van der Waals surface area contributed by atoms with Gasteiger partial charge in [-0.2, -0.15) is 9.61 Å². The predicted octanol–water partition coefficient (Wildman–Crippen LogP) is 3.59. The van der Waals surface area contributed by atoms with Crippen LogP contribution >= 0.6 is 15.9 Å². The Kier molecular flexibility index (Phi) is 3.53. The number of pyridine rings is 1. The lowest BCUT2D eigenvalue weighted by Gasteiger charge is -2.04. The van der Waals surface area contributed by atoms with Crippen LogP contribution < -0.4 is 0 Å². The minimum Gasteiger partial charge on any atom is -0.255 e. The van der Waals surface area contributed by atoms with Gasteiger partial charge in [0.25, 0.3) is 0 Å². The van der Waals surface area contributed by atoms with E-state index in [2.05, 4.69) is 61.3 Å². The van der Waals surface area contributed by atoms with Crippen molar-refractivity contribution in [3.8, 4) is 0 Å². The summed E-state index contributed by atoms with van der Waals surface area (Å²) in [6.07, 6.45) is 3.39. The molecule has 4 aromatic rings. The van der Waals surface area contributed by atoms with E-state index in [9.17, 15) is 0 Å². The van der Waals surface area contributed by atoms with Crippen molar-refractivity contribution in [2.24, 2.45) is 0 Å². The second kappa shape index (κ2) is 5.70. The molecule has 0 spiro atoms. The minimum absolute atomic E-state index is 0.684. The van der Waals surface area contributed by atoms with Crippen molar-refractivity contribution in [2.45, 2.75) is 19.8 Å². The van der Waals surface area contributed by atoms with Crippen molar-refractivity contribution >= 4 is 32.5 Å². The molecule has 0 amide bonds. The van der Waals surface area contributed by atoms with Crippen LogP contribution in [0, 0.1) is 0 Å². The van der Waals surface area contributed by atoms with Gasteiger partial charge in [-0.1, -0.05) is 13.0 Å². The molecule has 0 bridgehead atoms. The van der Waals surface area contributed by atoms with E-state index in [4.69, 9.17) is 0 Å². The molecule has 0 unspecified atom stereocenters. The van der Waals surface area contributed by atoms with Crippen LogP contribution in [-0.4, -0.2) is 24.8 Å². The van der Waals surface area contributed by atoms with Crippen LogP contribution in [0.5, 0.6) is 0 Å². The van der Waals surface area contributed by atoms with E-state index in [0.29, 0.717) is 6.42 Å². The molecular weight excluding hydrogens is 354 g/mol. The summed E-state index contributed by atoms with van der Waals surface area (Å²) in [4.78, 5) is 4.40. The lowest BCUT2D eigenvalue weighted by molar-refractivity contribution is 0.802. The number of benzene rings is 1. The van der Waals surface area contributed by atoms with Gasteiger partial charge in [-0.3, -0.25) is 4.98 Å². The maximum atomic E-state index is 4.60. The summed E-state index contributed by atoms with van der Waals surface area (Å²) in [7, 11) is 0. The summed E-state index contributed by atoms with van der Waals surface area (Å²) < 4.78 is 2.81. The molecule has 0 atom stereocenters. The van der Waals surface area contributed by atoms with E-state index in [0.717, 1.165) is 44.5 Å². The van der Waals surface area contributed by atoms with E-state index in [1.54, 1.807) is 0 Å². The van der Waals surface area contributed by atoms with Crippen LogP contribution in [0.25, 0.3) is 16.6 Å². The maximum absolute atomic E-state index is 4.60. The third kappa shape index (κ3) is 2.70. The van der Waals surface area contributed by atoms with Crippen LogP contribution in [0.4, 0.5) is 0 Å². The Hall–Kier alpha value is -2.34. The Labute approximate surface area is 141 Å². The average molecular weight is 368 g/mol. The predicted molar refractivity (Wildman–Crippen MR) is 92.4 cm³/mol. The van der Waals surface area contributed by atoms with Gasteiger partial charge in [-0.15, -0.1) is 10.2 Å². The summed E-state index contributed by atoms with van der Waals surface area (Å²) in [5.41, 5.74) is 3.96. The first-order chi connectivity index (χ1) is 11.2. The van der Waals surface area contributed by atoms with Crippen LogP contribution in [0.1, 0.15) is 24.0 Å². The van der Waals surface area contributed by atoms with Crippen LogP contribution in [0.2, 0.25) is 0 Å². The molecule has 6 heteroatoms. The lowest BCUT2D eigenvalue weighted by Crippen LogP contribution is -2.02. The molecule has 23 heavy (non-hydrogen) atoms. The fourth-order valence-electron chi connectivity index (χ4n) is 2.62. The van der Waals surface area contributed by atoms with Crippen LogP contribution in [-0.2, 0) is 12.8 Å². The monoisotopic (exact) mass is 367 g/mol. The van der Waals surface area contributed by atoms with Crippen molar-refractivity contribution in [3.05, 3.63) is 64.1 Å². The summed E-state index contributed by atoms with van der Waals surface area (Å²) in [5, 5.41) is 14.2. The quantitative estimate of drug-likeness (QED) is 0.555. The number of hydrogen-bond acceptors (Lipinski definition) is 4. The van der Waals surface area contributed by atoms with Gasteiger partial charge in [0.1, 0.15) is 0 Å². The van der Waals surface area contributed by atoms with Gasteiger partial charge >= 0.3 is 0 Å². The topological polar surface area (TPSA) is 56.0 Å². The Morgan fingerprint density at radius 1 is 1.09 bits per heavy atom. The summed E-state index contributed by atoms with van der Waals surface area (Å²) >= 11 is 3.47. The minimum atomic E-state index is 0.684. The van der Waals surface area contributed by atoms with Gasteiger partial charge in [0.15, 0.2) is 11.5 Å². The molecule has 114 valence electrons. The van der Waals surface area contributed by atoms with E-state index in [1.807, 2.05) is 28.9 Å².